The maximum atomic E-state index is 10.6. The summed E-state index contributed by atoms with van der Waals surface area (Å²) < 4.78 is 1.43. The van der Waals surface area contributed by atoms with Gasteiger partial charge in [0.15, 0.2) is 5.65 Å². The first-order chi connectivity index (χ1) is 11.1. The van der Waals surface area contributed by atoms with Gasteiger partial charge < -0.3 is 5.11 Å². The first kappa shape index (κ1) is 14.3. The summed E-state index contributed by atoms with van der Waals surface area (Å²) in [6.07, 6.45) is 7.96. The average molecular weight is 344 g/mol. The Hall–Kier alpha value is -2.30. The van der Waals surface area contributed by atoms with E-state index >= 15 is 0 Å². The third-order valence-electron chi connectivity index (χ3n) is 3.80. The molecule has 0 saturated heterocycles. The van der Waals surface area contributed by atoms with Gasteiger partial charge in [-0.05, 0) is 17.7 Å². The fraction of sp³-hybridized carbons (Fsp3) is 0.0588. The van der Waals surface area contributed by atoms with Crippen LogP contribution in [0.5, 0.6) is 5.88 Å². The number of aromatic nitrogens is 3. The lowest BCUT2D eigenvalue weighted by molar-refractivity contribution is 0.428. The van der Waals surface area contributed by atoms with E-state index < -0.39 is 0 Å². The van der Waals surface area contributed by atoms with Crippen molar-refractivity contribution in [2.45, 2.75) is 6.42 Å². The Morgan fingerprint density at radius 3 is 2.65 bits per heavy atom. The van der Waals surface area contributed by atoms with Crippen LogP contribution in [0, 0.1) is 0 Å². The first-order valence-corrected chi connectivity index (χ1v) is 7.77. The normalized spacial score (nSPS) is 13.2. The molecule has 1 N–H and O–H groups in total. The summed E-state index contributed by atoms with van der Waals surface area (Å²) in [6, 6.07) is 7.19. The number of nitrogens with zero attached hydrogens (tertiary/aromatic N) is 3. The number of fused-ring (bicyclic) bond motifs is 1. The van der Waals surface area contributed by atoms with Crippen molar-refractivity contribution in [3.8, 4) is 5.88 Å². The lowest BCUT2D eigenvalue weighted by Crippen LogP contribution is -2.05. The zero-order valence-electron chi connectivity index (χ0n) is 11.9. The number of benzene rings is 1. The summed E-state index contributed by atoms with van der Waals surface area (Å²) in [5.41, 5.74) is 3.99. The quantitative estimate of drug-likeness (QED) is 0.771. The third kappa shape index (κ3) is 2.40. The summed E-state index contributed by atoms with van der Waals surface area (Å²) in [6.45, 7) is 0. The summed E-state index contributed by atoms with van der Waals surface area (Å²) in [5, 5.41) is 15.7. The highest BCUT2D eigenvalue weighted by Crippen LogP contribution is 2.32. The molecule has 0 fully saturated rings. The topological polar surface area (TPSA) is 50.4 Å². The molecule has 4 rings (SSSR count). The third-order valence-corrected chi connectivity index (χ3v) is 4.53. The SMILES string of the molecule is Oc1c(Cc2ccc(Cl)c(Cl)c2)c(C2=CC=C2)nc2ccnn12. The predicted octanol–water partition coefficient (Wildman–Crippen LogP) is 4.29. The minimum absolute atomic E-state index is 0.0854. The van der Waals surface area contributed by atoms with E-state index in [1.54, 1.807) is 24.4 Å². The molecule has 0 radical (unpaired) electrons. The van der Waals surface area contributed by atoms with E-state index in [2.05, 4.69) is 10.1 Å². The minimum atomic E-state index is 0.0854. The average Bonchev–Trinajstić information content (AvgIpc) is 2.93. The van der Waals surface area contributed by atoms with Crippen molar-refractivity contribution < 1.29 is 5.11 Å². The molecular formula is C17H11Cl2N3O. The minimum Gasteiger partial charge on any atom is -0.493 e. The van der Waals surface area contributed by atoms with Gasteiger partial charge in [-0.3, -0.25) is 0 Å². The Kier molecular flexibility index (Phi) is 3.36. The van der Waals surface area contributed by atoms with Gasteiger partial charge in [0, 0.05) is 23.6 Å². The monoisotopic (exact) mass is 343 g/mol. The van der Waals surface area contributed by atoms with Crippen molar-refractivity contribution >= 4 is 34.4 Å². The number of hydrogen-bond donors (Lipinski definition) is 1. The summed E-state index contributed by atoms with van der Waals surface area (Å²) in [7, 11) is 0. The molecule has 0 bridgehead atoms. The first-order valence-electron chi connectivity index (χ1n) is 7.02. The molecule has 4 nitrogen and oxygen atoms in total. The highest BCUT2D eigenvalue weighted by Gasteiger charge is 2.19. The number of rotatable bonds is 3. The van der Waals surface area contributed by atoms with Gasteiger partial charge in [-0.2, -0.15) is 9.61 Å². The van der Waals surface area contributed by atoms with Gasteiger partial charge in [-0.1, -0.05) is 47.5 Å². The lowest BCUT2D eigenvalue weighted by Gasteiger charge is -2.15. The fourth-order valence-electron chi connectivity index (χ4n) is 2.57. The lowest BCUT2D eigenvalue weighted by atomic mass is 9.96. The number of halogens is 2. The van der Waals surface area contributed by atoms with E-state index in [9.17, 15) is 5.11 Å². The second-order valence-electron chi connectivity index (χ2n) is 5.27. The molecule has 1 aliphatic rings. The largest absolute Gasteiger partial charge is 0.493 e. The molecule has 1 aromatic carbocycles. The van der Waals surface area contributed by atoms with Crippen molar-refractivity contribution in [1.82, 2.24) is 14.6 Å². The molecule has 6 heteroatoms. The van der Waals surface area contributed by atoms with Gasteiger partial charge in [0.1, 0.15) is 0 Å². The molecular weight excluding hydrogens is 333 g/mol. The molecule has 0 saturated carbocycles. The molecule has 0 unspecified atom stereocenters. The molecule has 23 heavy (non-hydrogen) atoms. The van der Waals surface area contributed by atoms with Crippen LogP contribution in [0.3, 0.4) is 0 Å². The van der Waals surface area contributed by atoms with Gasteiger partial charge in [-0.15, -0.1) is 0 Å². The maximum absolute atomic E-state index is 10.6. The van der Waals surface area contributed by atoms with E-state index in [4.69, 9.17) is 23.2 Å². The standard InChI is InChI=1S/C17H11Cl2N3O/c18-13-5-4-10(9-14(13)19)8-12-16(11-2-1-3-11)21-15-6-7-20-22(15)17(12)23/h1-7,9,23H,8H2. The maximum Gasteiger partial charge on any atom is 0.219 e. The Balaban J connectivity index is 1.86. The van der Waals surface area contributed by atoms with Gasteiger partial charge in [0.2, 0.25) is 5.88 Å². The van der Waals surface area contributed by atoms with Crippen LogP contribution in [0.25, 0.3) is 11.2 Å². The summed E-state index contributed by atoms with van der Waals surface area (Å²) >= 11 is 12.1. The second-order valence-corrected chi connectivity index (χ2v) is 6.08. The van der Waals surface area contributed by atoms with Gasteiger partial charge in [0.05, 0.1) is 21.9 Å². The zero-order valence-corrected chi connectivity index (χ0v) is 13.4. The summed E-state index contributed by atoms with van der Waals surface area (Å²) in [4.78, 5) is 4.62. The molecule has 0 amide bonds. The predicted molar refractivity (Wildman–Crippen MR) is 91.0 cm³/mol. The van der Waals surface area contributed by atoms with Crippen LogP contribution in [-0.2, 0) is 6.42 Å². The van der Waals surface area contributed by atoms with E-state index in [-0.39, 0.29) is 5.88 Å². The van der Waals surface area contributed by atoms with Crippen LogP contribution in [0.4, 0.5) is 0 Å². The zero-order chi connectivity index (χ0) is 16.0. The van der Waals surface area contributed by atoms with Crippen molar-refractivity contribution in [2.75, 3.05) is 0 Å². The van der Waals surface area contributed by atoms with Crippen LogP contribution in [0.2, 0.25) is 10.0 Å². The number of hydrogen-bond acceptors (Lipinski definition) is 3. The Morgan fingerprint density at radius 1 is 1.13 bits per heavy atom. The molecule has 1 aliphatic carbocycles. The highest BCUT2D eigenvalue weighted by molar-refractivity contribution is 6.42. The fourth-order valence-corrected chi connectivity index (χ4v) is 2.89. The van der Waals surface area contributed by atoms with Crippen LogP contribution in [0.15, 0.2) is 48.7 Å². The molecule has 2 heterocycles. The molecule has 0 aliphatic heterocycles. The molecule has 0 spiro atoms. The Labute approximate surface area is 142 Å². The van der Waals surface area contributed by atoms with Crippen molar-refractivity contribution in [2.24, 2.45) is 0 Å². The second kappa shape index (κ2) is 5.41. The molecule has 0 atom stereocenters. The summed E-state index contributed by atoms with van der Waals surface area (Å²) in [5.74, 6) is 0.0854. The van der Waals surface area contributed by atoms with E-state index in [1.165, 1.54) is 4.52 Å². The van der Waals surface area contributed by atoms with E-state index in [0.717, 1.165) is 16.8 Å². The van der Waals surface area contributed by atoms with Gasteiger partial charge in [-0.25, -0.2) is 4.98 Å². The molecule has 114 valence electrons. The van der Waals surface area contributed by atoms with Crippen molar-refractivity contribution in [1.29, 1.82) is 0 Å². The van der Waals surface area contributed by atoms with Crippen molar-refractivity contribution in [3.63, 3.8) is 0 Å². The van der Waals surface area contributed by atoms with Gasteiger partial charge in [0.25, 0.3) is 0 Å². The van der Waals surface area contributed by atoms with Gasteiger partial charge >= 0.3 is 0 Å². The Morgan fingerprint density at radius 2 is 1.96 bits per heavy atom. The molecule has 2 aromatic heterocycles. The van der Waals surface area contributed by atoms with Crippen LogP contribution >= 0.6 is 23.2 Å². The van der Waals surface area contributed by atoms with E-state index in [0.29, 0.717) is 27.7 Å². The Bertz CT molecular complexity index is 989. The van der Waals surface area contributed by atoms with Crippen LogP contribution in [0.1, 0.15) is 16.8 Å². The number of allylic oxidation sites excluding steroid dienone is 4. The smallest absolute Gasteiger partial charge is 0.219 e. The highest BCUT2D eigenvalue weighted by atomic mass is 35.5. The number of aromatic hydroxyl groups is 1. The van der Waals surface area contributed by atoms with Crippen LogP contribution < -0.4 is 0 Å². The molecule has 3 aromatic rings. The van der Waals surface area contributed by atoms with E-state index in [1.807, 2.05) is 24.3 Å². The van der Waals surface area contributed by atoms with Crippen LogP contribution in [-0.4, -0.2) is 19.7 Å². The van der Waals surface area contributed by atoms with Crippen molar-refractivity contribution in [3.05, 3.63) is 75.6 Å².